The maximum atomic E-state index is 12.9. The molecular weight excluding hydrogens is 338 g/mol. The molecule has 1 heterocycles. The van der Waals surface area contributed by atoms with E-state index in [0.29, 0.717) is 0 Å². The molecule has 2 aromatic rings. The number of aliphatic carboxylic acids is 1. The number of benzene rings is 2. The number of hydrogen-bond donors (Lipinski definition) is 1. The van der Waals surface area contributed by atoms with E-state index in [0.717, 1.165) is 15.4 Å². The summed E-state index contributed by atoms with van der Waals surface area (Å²) in [7, 11) is -3.95. The van der Waals surface area contributed by atoms with Gasteiger partial charge in [0, 0.05) is 18.0 Å². The van der Waals surface area contributed by atoms with E-state index in [9.17, 15) is 18.3 Å². The highest BCUT2D eigenvalue weighted by molar-refractivity contribution is 7.89. The van der Waals surface area contributed by atoms with Crippen molar-refractivity contribution >= 4 is 27.6 Å². The first-order valence-electron chi connectivity index (χ1n) is 6.96. The summed E-state index contributed by atoms with van der Waals surface area (Å²) < 4.78 is 26.8. The van der Waals surface area contributed by atoms with Crippen molar-refractivity contribution in [3.63, 3.8) is 0 Å². The van der Waals surface area contributed by atoms with Gasteiger partial charge in [-0.3, -0.25) is 4.79 Å². The minimum atomic E-state index is -3.95. The highest BCUT2D eigenvalue weighted by Gasteiger charge is 2.39. The molecule has 7 heteroatoms. The third-order valence-corrected chi connectivity index (χ3v) is 5.98. The maximum absolute atomic E-state index is 12.9. The van der Waals surface area contributed by atoms with E-state index in [1.54, 1.807) is 6.07 Å². The van der Waals surface area contributed by atoms with E-state index in [2.05, 4.69) is 0 Å². The molecule has 23 heavy (non-hydrogen) atoms. The van der Waals surface area contributed by atoms with Gasteiger partial charge < -0.3 is 5.11 Å². The van der Waals surface area contributed by atoms with Gasteiger partial charge in [0.15, 0.2) is 0 Å². The van der Waals surface area contributed by atoms with Crippen molar-refractivity contribution in [1.29, 1.82) is 0 Å². The number of nitrogens with zero attached hydrogens (tertiary/aromatic N) is 1. The second-order valence-corrected chi connectivity index (χ2v) is 7.66. The molecule has 1 unspecified atom stereocenters. The molecule has 0 bridgehead atoms. The van der Waals surface area contributed by atoms with Crippen LogP contribution in [0.25, 0.3) is 0 Å². The first-order chi connectivity index (χ1) is 10.9. The number of hydrogen-bond acceptors (Lipinski definition) is 3. The highest BCUT2D eigenvalue weighted by Crippen LogP contribution is 2.30. The summed E-state index contributed by atoms with van der Waals surface area (Å²) in [6, 6.07) is 12.0. The summed E-state index contributed by atoms with van der Waals surface area (Å²) in [5, 5.41) is 9.75. The molecule has 0 spiro atoms. The van der Waals surface area contributed by atoms with Crippen molar-refractivity contribution < 1.29 is 18.3 Å². The lowest BCUT2D eigenvalue weighted by Crippen LogP contribution is -2.48. The van der Waals surface area contributed by atoms with Crippen LogP contribution in [0.15, 0.2) is 53.4 Å². The van der Waals surface area contributed by atoms with Gasteiger partial charge in [0.25, 0.3) is 0 Å². The van der Waals surface area contributed by atoms with E-state index in [-0.39, 0.29) is 22.9 Å². The largest absolute Gasteiger partial charge is 0.480 e. The van der Waals surface area contributed by atoms with Crippen LogP contribution >= 0.6 is 11.6 Å². The lowest BCUT2D eigenvalue weighted by Gasteiger charge is -2.33. The summed E-state index contributed by atoms with van der Waals surface area (Å²) in [6.07, 6.45) is 0.144. The van der Waals surface area contributed by atoms with Crippen LogP contribution in [0.2, 0.25) is 5.02 Å². The third kappa shape index (κ3) is 2.97. The number of sulfonamides is 1. The molecule has 120 valence electrons. The Morgan fingerprint density at radius 3 is 2.48 bits per heavy atom. The van der Waals surface area contributed by atoms with Crippen molar-refractivity contribution in [1.82, 2.24) is 4.31 Å². The van der Waals surface area contributed by atoms with E-state index in [1.165, 1.54) is 18.2 Å². The summed E-state index contributed by atoms with van der Waals surface area (Å²) >= 11 is 5.87. The van der Waals surface area contributed by atoms with Crippen LogP contribution in [0, 0.1) is 0 Å². The molecule has 0 aromatic heterocycles. The number of carboxylic acids is 1. The number of carboxylic acid groups (broad SMARTS) is 1. The minimum absolute atomic E-state index is 0.00405. The maximum Gasteiger partial charge on any atom is 0.322 e. The topological polar surface area (TPSA) is 74.7 Å². The molecule has 0 saturated carbocycles. The van der Waals surface area contributed by atoms with Crippen molar-refractivity contribution in [3.8, 4) is 0 Å². The molecule has 2 aromatic carbocycles. The summed E-state index contributed by atoms with van der Waals surface area (Å²) in [4.78, 5) is 11.6. The van der Waals surface area contributed by atoms with Gasteiger partial charge in [-0.05, 0) is 29.3 Å². The number of fused-ring (bicyclic) bond motifs is 1. The minimum Gasteiger partial charge on any atom is -0.480 e. The van der Waals surface area contributed by atoms with Gasteiger partial charge in [-0.1, -0.05) is 41.9 Å². The van der Waals surface area contributed by atoms with Gasteiger partial charge in [0.2, 0.25) is 10.0 Å². The monoisotopic (exact) mass is 351 g/mol. The quantitative estimate of drug-likeness (QED) is 0.922. The van der Waals surface area contributed by atoms with Crippen molar-refractivity contribution in [2.45, 2.75) is 23.9 Å². The van der Waals surface area contributed by atoms with Crippen LogP contribution < -0.4 is 0 Å². The van der Waals surface area contributed by atoms with Gasteiger partial charge in [-0.25, -0.2) is 8.42 Å². The number of halogens is 1. The van der Waals surface area contributed by atoms with Crippen molar-refractivity contribution in [2.24, 2.45) is 0 Å². The predicted molar refractivity (Wildman–Crippen MR) is 85.8 cm³/mol. The summed E-state index contributed by atoms with van der Waals surface area (Å²) in [6.45, 7) is 0.0297. The molecular formula is C16H14ClNO4S. The first-order valence-corrected chi connectivity index (χ1v) is 8.78. The molecule has 0 fully saturated rings. The zero-order chi connectivity index (χ0) is 16.6. The Bertz CT molecular complexity index is 866. The fraction of sp³-hybridized carbons (Fsp3) is 0.188. The predicted octanol–water partition coefficient (Wildman–Crippen LogP) is 2.54. The Balaban J connectivity index is 2.07. The fourth-order valence-electron chi connectivity index (χ4n) is 2.72. The Kier molecular flexibility index (Phi) is 4.14. The molecule has 1 N–H and O–H groups in total. The Hall–Kier alpha value is -1.89. The van der Waals surface area contributed by atoms with Crippen LogP contribution in [0.4, 0.5) is 0 Å². The fourth-order valence-corrected chi connectivity index (χ4v) is 4.59. The second kappa shape index (κ2) is 5.96. The summed E-state index contributed by atoms with van der Waals surface area (Å²) in [5.74, 6) is -1.16. The Morgan fingerprint density at radius 2 is 1.83 bits per heavy atom. The van der Waals surface area contributed by atoms with Crippen LogP contribution in [-0.2, 0) is 27.8 Å². The van der Waals surface area contributed by atoms with Gasteiger partial charge in [-0.15, -0.1) is 0 Å². The molecule has 1 aliphatic rings. The van der Waals surface area contributed by atoms with Crippen LogP contribution in [-0.4, -0.2) is 29.8 Å². The Morgan fingerprint density at radius 1 is 1.13 bits per heavy atom. The molecule has 3 rings (SSSR count). The SMILES string of the molecule is O=C(O)C1Cc2ccccc2CN1S(=O)(=O)c1cccc(Cl)c1. The van der Waals surface area contributed by atoms with Crippen LogP contribution in [0.5, 0.6) is 0 Å². The lowest BCUT2D eigenvalue weighted by atomic mass is 9.96. The van der Waals surface area contributed by atoms with Crippen molar-refractivity contribution in [2.75, 3.05) is 0 Å². The molecule has 0 aliphatic carbocycles. The summed E-state index contributed by atoms with van der Waals surface area (Å²) in [5.41, 5.74) is 1.67. The first kappa shape index (κ1) is 16.0. The second-order valence-electron chi connectivity index (χ2n) is 5.33. The number of carbonyl (C=O) groups is 1. The lowest BCUT2D eigenvalue weighted by molar-refractivity contribution is -0.141. The zero-order valence-electron chi connectivity index (χ0n) is 12.0. The molecule has 1 aliphatic heterocycles. The molecule has 0 saturated heterocycles. The van der Waals surface area contributed by atoms with E-state index in [4.69, 9.17) is 11.6 Å². The average Bonchev–Trinajstić information content (AvgIpc) is 2.53. The number of rotatable bonds is 3. The molecule has 1 atom stereocenters. The Labute approximate surface area is 139 Å². The van der Waals surface area contributed by atoms with Gasteiger partial charge >= 0.3 is 5.97 Å². The smallest absolute Gasteiger partial charge is 0.322 e. The normalized spacial score (nSPS) is 18.4. The zero-order valence-corrected chi connectivity index (χ0v) is 13.6. The van der Waals surface area contributed by atoms with Crippen LogP contribution in [0.1, 0.15) is 11.1 Å². The van der Waals surface area contributed by atoms with Gasteiger partial charge in [-0.2, -0.15) is 4.31 Å². The average molecular weight is 352 g/mol. The van der Waals surface area contributed by atoms with E-state index >= 15 is 0 Å². The standard InChI is InChI=1S/C16H14ClNO4S/c17-13-6-3-7-14(9-13)23(21,22)18-10-12-5-2-1-4-11(12)8-15(18)16(19)20/h1-7,9,15H,8,10H2,(H,19,20). The highest BCUT2D eigenvalue weighted by atomic mass is 35.5. The molecule has 5 nitrogen and oxygen atoms in total. The van der Waals surface area contributed by atoms with Gasteiger partial charge in [0.1, 0.15) is 6.04 Å². The van der Waals surface area contributed by atoms with Crippen molar-refractivity contribution in [3.05, 3.63) is 64.7 Å². The van der Waals surface area contributed by atoms with Gasteiger partial charge in [0.05, 0.1) is 4.90 Å². The molecule has 0 amide bonds. The van der Waals surface area contributed by atoms with Crippen LogP contribution in [0.3, 0.4) is 0 Å². The van der Waals surface area contributed by atoms with E-state index < -0.39 is 22.0 Å². The van der Waals surface area contributed by atoms with E-state index in [1.807, 2.05) is 24.3 Å². The third-order valence-electron chi connectivity index (χ3n) is 3.89. The molecule has 0 radical (unpaired) electrons.